The Morgan fingerprint density at radius 2 is 2.00 bits per heavy atom. The SMILES string of the molecule is CCC(C)CNCC(=O)NCC(F)(F)F. The summed E-state index contributed by atoms with van der Waals surface area (Å²) in [6.45, 7) is 3.31. The molecule has 15 heavy (non-hydrogen) atoms. The molecule has 1 amide bonds. The molecule has 0 aliphatic rings. The van der Waals surface area contributed by atoms with Crippen LogP contribution >= 0.6 is 0 Å². The summed E-state index contributed by atoms with van der Waals surface area (Å²) >= 11 is 0. The van der Waals surface area contributed by atoms with Gasteiger partial charge in [-0.2, -0.15) is 13.2 Å². The first-order valence-corrected chi connectivity index (χ1v) is 4.89. The molecule has 0 fully saturated rings. The number of carbonyl (C=O) groups is 1. The molecular weight excluding hydrogens is 209 g/mol. The molecule has 0 aliphatic heterocycles. The normalized spacial score (nSPS) is 13.7. The molecule has 0 radical (unpaired) electrons. The van der Waals surface area contributed by atoms with Crippen LogP contribution in [-0.2, 0) is 4.79 Å². The van der Waals surface area contributed by atoms with Gasteiger partial charge in [-0.25, -0.2) is 0 Å². The number of rotatable bonds is 6. The number of amides is 1. The average Bonchev–Trinajstić information content (AvgIpc) is 2.13. The van der Waals surface area contributed by atoms with Crippen molar-refractivity contribution in [1.82, 2.24) is 10.6 Å². The Bertz CT molecular complexity index is 194. The lowest BCUT2D eigenvalue weighted by Gasteiger charge is -2.11. The van der Waals surface area contributed by atoms with E-state index in [1.165, 1.54) is 0 Å². The van der Waals surface area contributed by atoms with E-state index < -0.39 is 18.6 Å². The third-order valence-corrected chi connectivity index (χ3v) is 1.96. The Morgan fingerprint density at radius 3 is 2.47 bits per heavy atom. The van der Waals surface area contributed by atoms with Gasteiger partial charge in [-0.3, -0.25) is 4.79 Å². The smallest absolute Gasteiger partial charge is 0.346 e. The lowest BCUT2D eigenvalue weighted by molar-refractivity contribution is -0.137. The van der Waals surface area contributed by atoms with Crippen LogP contribution in [0.25, 0.3) is 0 Å². The average molecular weight is 226 g/mol. The van der Waals surface area contributed by atoms with Crippen LogP contribution in [0.5, 0.6) is 0 Å². The van der Waals surface area contributed by atoms with E-state index in [-0.39, 0.29) is 6.54 Å². The van der Waals surface area contributed by atoms with Gasteiger partial charge in [-0.15, -0.1) is 0 Å². The van der Waals surface area contributed by atoms with E-state index in [0.717, 1.165) is 6.42 Å². The van der Waals surface area contributed by atoms with Crippen LogP contribution < -0.4 is 10.6 Å². The lowest BCUT2D eigenvalue weighted by Crippen LogP contribution is -2.40. The molecule has 0 spiro atoms. The maximum absolute atomic E-state index is 11.7. The van der Waals surface area contributed by atoms with Crippen LogP contribution in [0.2, 0.25) is 0 Å². The molecule has 3 nitrogen and oxygen atoms in total. The first-order chi connectivity index (χ1) is 6.85. The van der Waals surface area contributed by atoms with Gasteiger partial charge in [-0.05, 0) is 12.5 Å². The van der Waals surface area contributed by atoms with Crippen LogP contribution in [0.3, 0.4) is 0 Å². The fourth-order valence-electron chi connectivity index (χ4n) is 0.838. The number of nitrogens with one attached hydrogen (secondary N) is 2. The van der Waals surface area contributed by atoms with E-state index in [4.69, 9.17) is 0 Å². The maximum Gasteiger partial charge on any atom is 0.405 e. The molecule has 1 unspecified atom stereocenters. The van der Waals surface area contributed by atoms with Gasteiger partial charge < -0.3 is 10.6 Å². The molecule has 1 atom stereocenters. The van der Waals surface area contributed by atoms with Crippen LogP contribution in [0.15, 0.2) is 0 Å². The summed E-state index contributed by atoms with van der Waals surface area (Å²) in [5.74, 6) is -0.212. The summed E-state index contributed by atoms with van der Waals surface area (Å²) in [7, 11) is 0. The first-order valence-electron chi connectivity index (χ1n) is 4.89. The fourth-order valence-corrected chi connectivity index (χ4v) is 0.838. The van der Waals surface area contributed by atoms with Crippen molar-refractivity contribution in [3.8, 4) is 0 Å². The Hall–Kier alpha value is -0.780. The predicted octanol–water partition coefficient (Wildman–Crippen LogP) is 1.30. The summed E-state index contributed by atoms with van der Waals surface area (Å²) in [6, 6.07) is 0. The second-order valence-electron chi connectivity index (χ2n) is 3.54. The van der Waals surface area contributed by atoms with Crippen molar-refractivity contribution in [3.63, 3.8) is 0 Å². The van der Waals surface area contributed by atoms with Crippen molar-refractivity contribution in [2.24, 2.45) is 5.92 Å². The summed E-state index contributed by atoms with van der Waals surface area (Å²) in [4.78, 5) is 10.9. The zero-order valence-corrected chi connectivity index (χ0v) is 8.95. The van der Waals surface area contributed by atoms with E-state index in [9.17, 15) is 18.0 Å². The second-order valence-corrected chi connectivity index (χ2v) is 3.54. The highest BCUT2D eigenvalue weighted by Gasteiger charge is 2.27. The molecule has 6 heteroatoms. The highest BCUT2D eigenvalue weighted by atomic mass is 19.4. The van der Waals surface area contributed by atoms with Crippen molar-refractivity contribution < 1.29 is 18.0 Å². The van der Waals surface area contributed by atoms with E-state index in [1.54, 1.807) is 5.32 Å². The highest BCUT2D eigenvalue weighted by Crippen LogP contribution is 2.11. The minimum absolute atomic E-state index is 0.0690. The predicted molar refractivity (Wildman–Crippen MR) is 51.4 cm³/mol. The van der Waals surface area contributed by atoms with Gasteiger partial charge >= 0.3 is 6.18 Å². The molecule has 0 aromatic rings. The minimum atomic E-state index is -4.34. The molecule has 0 bridgehead atoms. The van der Waals surface area contributed by atoms with Crippen molar-refractivity contribution in [1.29, 1.82) is 0 Å². The molecule has 0 aromatic heterocycles. The monoisotopic (exact) mass is 226 g/mol. The summed E-state index contributed by atoms with van der Waals surface area (Å²) in [6.07, 6.45) is -3.37. The molecule has 0 saturated carbocycles. The number of alkyl halides is 3. The molecule has 0 aromatic carbocycles. The van der Waals surface area contributed by atoms with Gasteiger partial charge in [0.05, 0.1) is 6.54 Å². The largest absolute Gasteiger partial charge is 0.405 e. The maximum atomic E-state index is 11.7. The van der Waals surface area contributed by atoms with E-state index >= 15 is 0 Å². The summed E-state index contributed by atoms with van der Waals surface area (Å²) in [5, 5.41) is 4.58. The van der Waals surface area contributed by atoms with Crippen molar-refractivity contribution in [2.75, 3.05) is 19.6 Å². The Balaban J connectivity index is 3.50. The second kappa shape index (κ2) is 6.66. The van der Waals surface area contributed by atoms with Crippen LogP contribution in [0.4, 0.5) is 13.2 Å². The first kappa shape index (κ1) is 14.2. The highest BCUT2D eigenvalue weighted by molar-refractivity contribution is 5.77. The Labute approximate surface area is 87.4 Å². The number of carbonyl (C=O) groups excluding carboxylic acids is 1. The molecule has 0 aliphatic carbocycles. The van der Waals surface area contributed by atoms with Crippen molar-refractivity contribution in [3.05, 3.63) is 0 Å². The third kappa shape index (κ3) is 9.52. The van der Waals surface area contributed by atoms with Gasteiger partial charge in [0.2, 0.25) is 5.91 Å². The Kier molecular flexibility index (Phi) is 6.31. The third-order valence-electron chi connectivity index (χ3n) is 1.96. The topological polar surface area (TPSA) is 41.1 Å². The van der Waals surface area contributed by atoms with Crippen molar-refractivity contribution in [2.45, 2.75) is 26.4 Å². The van der Waals surface area contributed by atoms with Crippen LogP contribution in [-0.4, -0.2) is 31.7 Å². The Morgan fingerprint density at radius 1 is 1.40 bits per heavy atom. The van der Waals surface area contributed by atoms with Gasteiger partial charge in [0.1, 0.15) is 6.54 Å². The fraction of sp³-hybridized carbons (Fsp3) is 0.889. The quantitative estimate of drug-likeness (QED) is 0.716. The van der Waals surface area contributed by atoms with Crippen molar-refractivity contribution >= 4 is 5.91 Å². The lowest BCUT2D eigenvalue weighted by atomic mass is 10.1. The van der Waals surface area contributed by atoms with Gasteiger partial charge in [0.25, 0.3) is 0 Å². The standard InChI is InChI=1S/C9H17F3N2O/c1-3-7(2)4-13-5-8(15)14-6-9(10,11)12/h7,13H,3-6H2,1-2H3,(H,14,15). The molecule has 0 heterocycles. The molecule has 0 rings (SSSR count). The van der Waals surface area contributed by atoms with Gasteiger partial charge in [0.15, 0.2) is 0 Å². The molecular formula is C9H17F3N2O. The molecule has 2 N–H and O–H groups in total. The van der Waals surface area contributed by atoms with Crippen LogP contribution in [0, 0.1) is 5.92 Å². The summed E-state index contributed by atoms with van der Waals surface area (Å²) < 4.78 is 35.1. The number of hydrogen-bond donors (Lipinski definition) is 2. The van der Waals surface area contributed by atoms with Gasteiger partial charge in [-0.1, -0.05) is 20.3 Å². The number of hydrogen-bond acceptors (Lipinski definition) is 2. The zero-order valence-electron chi connectivity index (χ0n) is 8.95. The number of halogens is 3. The van der Waals surface area contributed by atoms with E-state index in [0.29, 0.717) is 12.5 Å². The molecule has 0 saturated heterocycles. The minimum Gasteiger partial charge on any atom is -0.346 e. The van der Waals surface area contributed by atoms with E-state index in [2.05, 4.69) is 5.32 Å². The van der Waals surface area contributed by atoms with E-state index in [1.807, 2.05) is 13.8 Å². The van der Waals surface area contributed by atoms with Gasteiger partial charge in [0, 0.05) is 0 Å². The zero-order chi connectivity index (χ0) is 11.9. The summed E-state index contributed by atoms with van der Waals surface area (Å²) in [5.41, 5.74) is 0. The molecule has 90 valence electrons. The van der Waals surface area contributed by atoms with Crippen LogP contribution in [0.1, 0.15) is 20.3 Å².